The highest BCUT2D eigenvalue weighted by molar-refractivity contribution is 5.96. The summed E-state index contributed by atoms with van der Waals surface area (Å²) in [5, 5.41) is 3.61. The van der Waals surface area contributed by atoms with E-state index in [1.807, 2.05) is 6.92 Å². The Kier molecular flexibility index (Phi) is 3.12. The van der Waals surface area contributed by atoms with Crippen molar-refractivity contribution in [3.8, 4) is 0 Å². The largest absolute Gasteiger partial charge is 0.311 e. The molecule has 2 fully saturated rings. The van der Waals surface area contributed by atoms with Crippen molar-refractivity contribution in [1.82, 2.24) is 15.3 Å². The van der Waals surface area contributed by atoms with E-state index in [0.717, 1.165) is 18.5 Å². The summed E-state index contributed by atoms with van der Waals surface area (Å²) in [6, 6.07) is 1.06. The van der Waals surface area contributed by atoms with Crippen LogP contribution < -0.4 is 5.32 Å². The van der Waals surface area contributed by atoms with Gasteiger partial charge in [-0.15, -0.1) is 0 Å². The van der Waals surface area contributed by atoms with Crippen molar-refractivity contribution < 1.29 is 4.79 Å². The molecular formula is C14H19N3O. The van der Waals surface area contributed by atoms with Crippen LogP contribution in [0.15, 0.2) is 12.4 Å². The molecule has 2 bridgehead atoms. The molecule has 0 saturated carbocycles. The van der Waals surface area contributed by atoms with E-state index in [4.69, 9.17) is 0 Å². The average Bonchev–Trinajstić information content (AvgIpc) is 2.37. The van der Waals surface area contributed by atoms with E-state index in [2.05, 4.69) is 15.3 Å². The fraction of sp³-hybridized carbons (Fsp3) is 0.643. The molecule has 2 atom stereocenters. The van der Waals surface area contributed by atoms with Crippen LogP contribution in [0, 0.1) is 12.8 Å². The van der Waals surface area contributed by atoms with E-state index < -0.39 is 0 Å². The van der Waals surface area contributed by atoms with Gasteiger partial charge in [0.15, 0.2) is 5.78 Å². The topological polar surface area (TPSA) is 54.9 Å². The first-order chi connectivity index (χ1) is 8.72. The second-order valence-corrected chi connectivity index (χ2v) is 5.57. The molecule has 4 nitrogen and oxygen atoms in total. The van der Waals surface area contributed by atoms with Gasteiger partial charge >= 0.3 is 0 Å². The van der Waals surface area contributed by atoms with Gasteiger partial charge in [-0.3, -0.25) is 9.78 Å². The van der Waals surface area contributed by atoms with E-state index in [1.54, 1.807) is 12.4 Å². The number of rotatable bonds is 2. The normalized spacial score (nSPS) is 31.1. The number of ketones is 1. The van der Waals surface area contributed by atoms with Gasteiger partial charge in [-0.05, 0) is 32.6 Å². The minimum Gasteiger partial charge on any atom is -0.311 e. The molecule has 2 unspecified atom stereocenters. The van der Waals surface area contributed by atoms with Crippen molar-refractivity contribution in [3.63, 3.8) is 0 Å². The standard InChI is InChI=1S/C14H19N3O/c1-9-7-15-8-13(16-9)14(18)10-5-11-3-2-4-12(6-10)17-11/h7-8,10-12,17H,2-6H2,1H3. The lowest BCUT2D eigenvalue weighted by molar-refractivity contribution is 0.0819. The second kappa shape index (κ2) is 4.76. The molecule has 2 saturated heterocycles. The van der Waals surface area contributed by atoms with Gasteiger partial charge in [0.2, 0.25) is 0 Å². The maximum Gasteiger partial charge on any atom is 0.185 e. The van der Waals surface area contributed by atoms with E-state index >= 15 is 0 Å². The fourth-order valence-corrected chi connectivity index (χ4v) is 3.27. The minimum absolute atomic E-state index is 0.137. The zero-order valence-corrected chi connectivity index (χ0v) is 10.7. The predicted octanol–water partition coefficient (Wildman–Crippen LogP) is 1.89. The van der Waals surface area contributed by atoms with E-state index in [-0.39, 0.29) is 11.7 Å². The first kappa shape index (κ1) is 11.8. The Balaban J connectivity index is 1.76. The van der Waals surface area contributed by atoms with Crippen molar-refractivity contribution in [2.75, 3.05) is 0 Å². The third kappa shape index (κ3) is 2.29. The minimum atomic E-state index is 0.137. The Morgan fingerprint density at radius 1 is 1.28 bits per heavy atom. The average molecular weight is 245 g/mol. The Hall–Kier alpha value is -1.29. The lowest BCUT2D eigenvalue weighted by Crippen LogP contribution is -2.50. The number of nitrogens with zero attached hydrogens (tertiary/aromatic N) is 2. The van der Waals surface area contributed by atoms with Gasteiger partial charge in [0, 0.05) is 24.2 Å². The second-order valence-electron chi connectivity index (χ2n) is 5.57. The Labute approximate surface area is 107 Å². The van der Waals surface area contributed by atoms with Gasteiger partial charge in [-0.25, -0.2) is 4.98 Å². The third-order valence-corrected chi connectivity index (χ3v) is 4.09. The molecule has 0 aliphatic carbocycles. The maximum atomic E-state index is 12.5. The van der Waals surface area contributed by atoms with Gasteiger partial charge in [-0.2, -0.15) is 0 Å². The third-order valence-electron chi connectivity index (χ3n) is 4.09. The van der Waals surface area contributed by atoms with Crippen LogP contribution in [0.3, 0.4) is 0 Å². The fourth-order valence-electron chi connectivity index (χ4n) is 3.27. The van der Waals surface area contributed by atoms with Gasteiger partial charge in [-0.1, -0.05) is 6.42 Å². The first-order valence-electron chi connectivity index (χ1n) is 6.81. The van der Waals surface area contributed by atoms with Gasteiger partial charge in [0.05, 0.1) is 11.9 Å². The summed E-state index contributed by atoms with van der Waals surface area (Å²) in [5.74, 6) is 0.322. The summed E-state index contributed by atoms with van der Waals surface area (Å²) in [4.78, 5) is 20.8. The Morgan fingerprint density at radius 2 is 2.00 bits per heavy atom. The summed E-state index contributed by atoms with van der Waals surface area (Å²) >= 11 is 0. The number of Topliss-reactive ketones (excluding diaryl/α,β-unsaturated/α-hetero) is 1. The summed E-state index contributed by atoms with van der Waals surface area (Å²) in [6.45, 7) is 1.88. The molecule has 2 aliphatic heterocycles. The molecule has 0 amide bonds. The zero-order chi connectivity index (χ0) is 12.5. The molecule has 3 rings (SSSR count). The van der Waals surface area contributed by atoms with E-state index in [1.165, 1.54) is 19.3 Å². The van der Waals surface area contributed by atoms with Gasteiger partial charge in [0.25, 0.3) is 0 Å². The van der Waals surface area contributed by atoms with Crippen LogP contribution in [0.2, 0.25) is 0 Å². The zero-order valence-electron chi connectivity index (χ0n) is 10.7. The SMILES string of the molecule is Cc1cncc(C(=O)C2CC3CCCC(C2)N3)n1. The van der Waals surface area contributed by atoms with Gasteiger partial charge in [0.1, 0.15) is 5.69 Å². The number of hydrogen-bond acceptors (Lipinski definition) is 4. The number of nitrogens with one attached hydrogen (secondary N) is 1. The summed E-state index contributed by atoms with van der Waals surface area (Å²) in [7, 11) is 0. The molecule has 4 heteroatoms. The number of aryl methyl sites for hydroxylation is 1. The quantitative estimate of drug-likeness (QED) is 0.808. The number of carbonyl (C=O) groups is 1. The van der Waals surface area contributed by atoms with Crippen molar-refractivity contribution in [3.05, 3.63) is 23.8 Å². The van der Waals surface area contributed by atoms with Crippen LogP contribution in [0.4, 0.5) is 0 Å². The highest BCUT2D eigenvalue weighted by Gasteiger charge is 2.35. The molecule has 18 heavy (non-hydrogen) atoms. The van der Waals surface area contributed by atoms with Crippen LogP contribution in [0.1, 0.15) is 48.3 Å². The van der Waals surface area contributed by atoms with Crippen molar-refractivity contribution in [2.24, 2.45) is 5.92 Å². The molecule has 1 aromatic rings. The van der Waals surface area contributed by atoms with E-state index in [0.29, 0.717) is 17.8 Å². The van der Waals surface area contributed by atoms with Crippen molar-refractivity contribution in [2.45, 2.75) is 51.1 Å². The van der Waals surface area contributed by atoms with Crippen molar-refractivity contribution >= 4 is 5.78 Å². The number of fused-ring (bicyclic) bond motifs is 2. The molecule has 1 aromatic heterocycles. The highest BCUT2D eigenvalue weighted by atomic mass is 16.1. The number of piperidine rings is 2. The predicted molar refractivity (Wildman–Crippen MR) is 68.4 cm³/mol. The van der Waals surface area contributed by atoms with Crippen molar-refractivity contribution in [1.29, 1.82) is 0 Å². The summed E-state index contributed by atoms with van der Waals surface area (Å²) in [6.07, 6.45) is 8.93. The molecule has 0 spiro atoms. The molecule has 1 N–H and O–H groups in total. The summed E-state index contributed by atoms with van der Waals surface area (Å²) in [5.41, 5.74) is 1.36. The molecule has 96 valence electrons. The lowest BCUT2D eigenvalue weighted by atomic mass is 9.78. The molecular weight excluding hydrogens is 226 g/mol. The molecule has 2 aliphatic rings. The maximum absolute atomic E-state index is 12.5. The molecule has 0 aromatic carbocycles. The van der Waals surface area contributed by atoms with Crippen LogP contribution in [0.25, 0.3) is 0 Å². The molecule has 0 radical (unpaired) electrons. The van der Waals surface area contributed by atoms with Crippen LogP contribution in [0.5, 0.6) is 0 Å². The summed E-state index contributed by atoms with van der Waals surface area (Å²) < 4.78 is 0. The Bertz CT molecular complexity index is 448. The van der Waals surface area contributed by atoms with Crippen LogP contribution in [-0.2, 0) is 0 Å². The monoisotopic (exact) mass is 245 g/mol. The first-order valence-corrected chi connectivity index (χ1v) is 6.81. The lowest BCUT2D eigenvalue weighted by Gasteiger charge is -2.39. The molecule has 3 heterocycles. The van der Waals surface area contributed by atoms with Gasteiger partial charge < -0.3 is 5.32 Å². The van der Waals surface area contributed by atoms with Crippen LogP contribution in [-0.4, -0.2) is 27.8 Å². The number of carbonyl (C=O) groups excluding carboxylic acids is 1. The highest BCUT2D eigenvalue weighted by Crippen LogP contribution is 2.31. The van der Waals surface area contributed by atoms with E-state index in [9.17, 15) is 4.79 Å². The Morgan fingerprint density at radius 3 is 2.67 bits per heavy atom. The van der Waals surface area contributed by atoms with Crippen LogP contribution >= 0.6 is 0 Å². The number of hydrogen-bond donors (Lipinski definition) is 1. The smallest absolute Gasteiger partial charge is 0.185 e. The number of aromatic nitrogens is 2.